The van der Waals surface area contributed by atoms with E-state index in [0.29, 0.717) is 11.8 Å². The van der Waals surface area contributed by atoms with Crippen LogP contribution in [-0.2, 0) is 16.0 Å². The molecule has 2 N–H and O–H groups in total. The van der Waals surface area contributed by atoms with Crippen molar-refractivity contribution >= 4 is 23.9 Å². The Morgan fingerprint density at radius 3 is 2.19 bits per heavy atom. The lowest BCUT2D eigenvalue weighted by atomic mass is 9.98. The number of esters is 1. The molecule has 6 heteroatoms. The van der Waals surface area contributed by atoms with Crippen molar-refractivity contribution < 1.29 is 24.5 Å². The molecule has 0 amide bonds. The van der Waals surface area contributed by atoms with Gasteiger partial charge in [-0.2, -0.15) is 0 Å². The van der Waals surface area contributed by atoms with Crippen molar-refractivity contribution in [3.63, 3.8) is 0 Å². The number of carbonyl (C=O) groups is 2. The Morgan fingerprint density at radius 1 is 1.08 bits per heavy atom. The molecule has 0 radical (unpaired) electrons. The Hall–Kier alpha value is -2.27. The number of rotatable bonds is 8. The summed E-state index contributed by atoms with van der Waals surface area (Å²) < 4.78 is 4.87. The molecule has 1 rings (SSSR count). The first-order valence-corrected chi connectivity index (χ1v) is 8.69. The Bertz CT molecular complexity index is 747. The maximum atomic E-state index is 11.2. The molecule has 142 valence electrons. The molecule has 0 spiro atoms. The molecule has 1 aromatic carbocycles. The number of benzene rings is 1. The summed E-state index contributed by atoms with van der Waals surface area (Å²) >= 11 is 6.04. The fourth-order valence-electron chi connectivity index (χ4n) is 2.39. The molecule has 0 aliphatic rings. The van der Waals surface area contributed by atoms with Crippen LogP contribution in [-0.4, -0.2) is 29.1 Å². The highest BCUT2D eigenvalue weighted by molar-refractivity contribution is 6.33. The number of phenols is 2. The molecule has 0 saturated carbocycles. The molecule has 0 aliphatic heterocycles. The van der Waals surface area contributed by atoms with E-state index in [0.717, 1.165) is 24.0 Å². The zero-order valence-corrected chi connectivity index (χ0v) is 16.3. The van der Waals surface area contributed by atoms with E-state index in [1.54, 1.807) is 6.92 Å². The fourth-order valence-corrected chi connectivity index (χ4v) is 2.61. The Kier molecular flexibility index (Phi) is 8.39. The van der Waals surface area contributed by atoms with E-state index < -0.39 is 0 Å². The van der Waals surface area contributed by atoms with E-state index in [1.807, 2.05) is 26.0 Å². The highest BCUT2D eigenvalue weighted by atomic mass is 35.5. The molecule has 26 heavy (non-hydrogen) atoms. The van der Waals surface area contributed by atoms with E-state index in [1.165, 1.54) is 6.92 Å². The number of allylic oxidation sites excluding steroid dienone is 3. The van der Waals surface area contributed by atoms with Gasteiger partial charge in [0.2, 0.25) is 0 Å². The molecule has 0 aromatic heterocycles. The molecular formula is C20H25ClO5. The average Bonchev–Trinajstić information content (AvgIpc) is 2.58. The van der Waals surface area contributed by atoms with E-state index >= 15 is 0 Å². The smallest absolute Gasteiger partial charge is 0.302 e. The zero-order valence-electron chi connectivity index (χ0n) is 15.6. The second kappa shape index (κ2) is 10.0. The van der Waals surface area contributed by atoms with Crippen molar-refractivity contribution in [3.05, 3.63) is 45.0 Å². The van der Waals surface area contributed by atoms with Crippen LogP contribution >= 0.6 is 11.6 Å². The van der Waals surface area contributed by atoms with Crippen molar-refractivity contribution in [1.29, 1.82) is 0 Å². The van der Waals surface area contributed by atoms with Crippen molar-refractivity contribution in [2.75, 3.05) is 6.61 Å². The topological polar surface area (TPSA) is 83.8 Å². The number of ether oxygens (including phenoxy) is 1. The van der Waals surface area contributed by atoms with Gasteiger partial charge in [0.05, 0.1) is 10.6 Å². The lowest BCUT2D eigenvalue weighted by Gasteiger charge is -2.13. The quantitative estimate of drug-likeness (QED) is 0.389. The normalized spacial score (nSPS) is 12.2. The van der Waals surface area contributed by atoms with Crippen LogP contribution in [0, 0.1) is 6.92 Å². The summed E-state index contributed by atoms with van der Waals surface area (Å²) in [6, 6.07) is 0. The van der Waals surface area contributed by atoms with Gasteiger partial charge in [-0.1, -0.05) is 28.8 Å². The summed E-state index contributed by atoms with van der Waals surface area (Å²) in [7, 11) is 0. The maximum absolute atomic E-state index is 11.2. The van der Waals surface area contributed by atoms with Gasteiger partial charge in [-0.25, -0.2) is 0 Å². The average molecular weight is 381 g/mol. The third-order valence-electron chi connectivity index (χ3n) is 4.17. The van der Waals surface area contributed by atoms with Crippen LogP contribution in [0.5, 0.6) is 11.5 Å². The molecule has 1 aromatic rings. The first-order valence-electron chi connectivity index (χ1n) is 8.31. The lowest BCUT2D eigenvalue weighted by Crippen LogP contribution is -1.98. The van der Waals surface area contributed by atoms with Crippen molar-refractivity contribution in [1.82, 2.24) is 0 Å². The van der Waals surface area contributed by atoms with Crippen molar-refractivity contribution in [2.45, 2.75) is 47.0 Å². The van der Waals surface area contributed by atoms with Gasteiger partial charge in [0.1, 0.15) is 18.1 Å². The Balaban J connectivity index is 2.80. The highest BCUT2D eigenvalue weighted by Crippen LogP contribution is 2.40. The number of halogens is 1. The first kappa shape index (κ1) is 21.8. The summed E-state index contributed by atoms with van der Waals surface area (Å²) in [6.45, 7) is 7.12. The van der Waals surface area contributed by atoms with Crippen LogP contribution in [0.4, 0.5) is 0 Å². The summed E-state index contributed by atoms with van der Waals surface area (Å²) in [4.78, 5) is 21.9. The molecule has 0 heterocycles. The second-order valence-electron chi connectivity index (χ2n) is 6.25. The maximum Gasteiger partial charge on any atom is 0.302 e. The Labute approximate surface area is 158 Å². The predicted molar refractivity (Wildman–Crippen MR) is 102 cm³/mol. The minimum atomic E-state index is -0.309. The van der Waals surface area contributed by atoms with Gasteiger partial charge in [-0.15, -0.1) is 0 Å². The van der Waals surface area contributed by atoms with E-state index in [-0.39, 0.29) is 46.6 Å². The number of aldehydes is 1. The van der Waals surface area contributed by atoms with Gasteiger partial charge in [0.25, 0.3) is 0 Å². The molecule has 0 saturated heterocycles. The SMILES string of the molecule is CC(=O)OC/C=C(\C)CC/C(C)=C/Cc1c(O)c(Cl)c(C)c(C=O)c1O. The number of hydrogen-bond donors (Lipinski definition) is 2. The lowest BCUT2D eigenvalue weighted by molar-refractivity contribution is -0.139. The summed E-state index contributed by atoms with van der Waals surface area (Å²) in [5.41, 5.74) is 2.86. The van der Waals surface area contributed by atoms with Crippen LogP contribution < -0.4 is 0 Å². The molecule has 0 unspecified atom stereocenters. The summed E-state index contributed by atoms with van der Waals surface area (Å²) in [5, 5.41) is 20.5. The summed E-state index contributed by atoms with van der Waals surface area (Å²) in [5.74, 6) is -0.745. The third-order valence-corrected chi connectivity index (χ3v) is 4.64. The van der Waals surface area contributed by atoms with Gasteiger partial charge in [-0.05, 0) is 51.7 Å². The van der Waals surface area contributed by atoms with Gasteiger partial charge < -0.3 is 14.9 Å². The van der Waals surface area contributed by atoms with Crippen LogP contribution in [0.1, 0.15) is 55.1 Å². The second-order valence-corrected chi connectivity index (χ2v) is 6.63. The van der Waals surface area contributed by atoms with Crippen molar-refractivity contribution in [2.24, 2.45) is 0 Å². The van der Waals surface area contributed by atoms with E-state index in [4.69, 9.17) is 16.3 Å². The largest absolute Gasteiger partial charge is 0.507 e. The molecule has 5 nitrogen and oxygen atoms in total. The number of carbonyl (C=O) groups excluding carboxylic acids is 2. The zero-order chi connectivity index (χ0) is 19.9. The molecular weight excluding hydrogens is 356 g/mol. The standard InChI is InChI=1S/C20H25ClO5/c1-12(5-6-13(2)9-10-26-15(4)23)7-8-16-19(24)17(11-22)14(3)18(21)20(16)25/h7,9,11,24-25H,5-6,8,10H2,1-4H3/b12-7+,13-9+. The monoisotopic (exact) mass is 380 g/mol. The van der Waals surface area contributed by atoms with Crippen LogP contribution in [0.3, 0.4) is 0 Å². The minimum absolute atomic E-state index is 0.0789. The van der Waals surface area contributed by atoms with Crippen LogP contribution in [0.2, 0.25) is 5.02 Å². The first-order chi connectivity index (χ1) is 12.2. The number of aromatic hydroxyl groups is 2. The predicted octanol–water partition coefficient (Wildman–Crippen LogP) is 4.65. The van der Waals surface area contributed by atoms with Crippen molar-refractivity contribution in [3.8, 4) is 11.5 Å². The molecule has 0 bridgehead atoms. The third kappa shape index (κ3) is 5.92. The van der Waals surface area contributed by atoms with E-state index in [2.05, 4.69) is 0 Å². The minimum Gasteiger partial charge on any atom is -0.507 e. The van der Waals surface area contributed by atoms with Gasteiger partial charge in [-0.3, -0.25) is 9.59 Å². The number of phenolic OH excluding ortho intramolecular Hbond substituents is 2. The molecule has 0 fully saturated rings. The van der Waals surface area contributed by atoms with Crippen LogP contribution in [0.25, 0.3) is 0 Å². The van der Waals surface area contributed by atoms with Gasteiger partial charge in [0.15, 0.2) is 6.29 Å². The molecule has 0 atom stereocenters. The fraction of sp³-hybridized carbons (Fsp3) is 0.400. The Morgan fingerprint density at radius 2 is 1.65 bits per heavy atom. The van der Waals surface area contributed by atoms with Gasteiger partial charge in [0, 0.05) is 12.5 Å². The van der Waals surface area contributed by atoms with Crippen LogP contribution in [0.15, 0.2) is 23.3 Å². The van der Waals surface area contributed by atoms with E-state index in [9.17, 15) is 19.8 Å². The molecule has 0 aliphatic carbocycles. The number of hydrogen-bond acceptors (Lipinski definition) is 5. The highest BCUT2D eigenvalue weighted by Gasteiger charge is 2.19. The van der Waals surface area contributed by atoms with Gasteiger partial charge >= 0.3 is 5.97 Å². The summed E-state index contributed by atoms with van der Waals surface area (Å²) in [6.07, 6.45) is 6.13.